The number of nitrogens with one attached hydrogen (secondary N) is 3. The lowest BCUT2D eigenvalue weighted by Gasteiger charge is -2.28. The summed E-state index contributed by atoms with van der Waals surface area (Å²) >= 11 is 1.25. The first kappa shape index (κ1) is 21.6. The summed E-state index contributed by atoms with van der Waals surface area (Å²) in [5.41, 5.74) is 0.954. The number of nitrogens with zero attached hydrogens (tertiary/aromatic N) is 2. The summed E-state index contributed by atoms with van der Waals surface area (Å²) in [6, 6.07) is 12.1. The van der Waals surface area contributed by atoms with E-state index in [0.29, 0.717) is 34.6 Å². The molecule has 2 fully saturated rings. The molecule has 0 saturated heterocycles. The molecule has 170 valence electrons. The highest BCUT2D eigenvalue weighted by Crippen LogP contribution is 2.31. The number of anilines is 2. The van der Waals surface area contributed by atoms with Crippen molar-refractivity contribution in [3.05, 3.63) is 41.8 Å². The van der Waals surface area contributed by atoms with Gasteiger partial charge in [-0.3, -0.25) is 0 Å². The molecule has 32 heavy (non-hydrogen) atoms. The normalized spacial score (nSPS) is 21.5. The predicted molar refractivity (Wildman–Crippen MR) is 130 cm³/mol. The largest absolute Gasteiger partial charge is 0.367 e. The lowest BCUT2D eigenvalue weighted by Crippen LogP contribution is -2.32. The first-order valence-corrected chi connectivity index (χ1v) is 13.7. The van der Waals surface area contributed by atoms with Crippen molar-refractivity contribution in [3.8, 4) is 0 Å². The first-order valence-electron chi connectivity index (χ1n) is 11.4. The molecule has 0 aliphatic heterocycles. The van der Waals surface area contributed by atoms with E-state index in [9.17, 15) is 8.42 Å². The van der Waals surface area contributed by atoms with Gasteiger partial charge in [0.15, 0.2) is 0 Å². The molecule has 1 aromatic carbocycles. The van der Waals surface area contributed by atoms with Gasteiger partial charge in [0.05, 0.1) is 5.52 Å². The van der Waals surface area contributed by atoms with Gasteiger partial charge < -0.3 is 10.6 Å². The van der Waals surface area contributed by atoms with Crippen LogP contribution in [0, 0.1) is 11.8 Å². The average molecular weight is 472 g/mol. The number of benzene rings is 1. The molecule has 0 atom stereocenters. The van der Waals surface area contributed by atoms with E-state index in [1.54, 1.807) is 17.5 Å². The smallest absolute Gasteiger partial charge is 0.250 e. The van der Waals surface area contributed by atoms with Crippen LogP contribution in [0.4, 0.5) is 11.8 Å². The molecule has 7 nitrogen and oxygen atoms in total. The number of hydrogen-bond donors (Lipinski definition) is 3. The molecule has 2 saturated carbocycles. The van der Waals surface area contributed by atoms with Crippen LogP contribution in [0.1, 0.15) is 38.5 Å². The molecule has 3 N–H and O–H groups in total. The van der Waals surface area contributed by atoms with Crippen molar-refractivity contribution in [3.63, 3.8) is 0 Å². The summed E-state index contributed by atoms with van der Waals surface area (Å²) in [5, 5.41) is 9.84. The van der Waals surface area contributed by atoms with Gasteiger partial charge in [-0.05, 0) is 73.9 Å². The Morgan fingerprint density at radius 2 is 1.66 bits per heavy atom. The summed E-state index contributed by atoms with van der Waals surface area (Å²) in [4.78, 5) is 9.46. The number of aromatic nitrogens is 2. The second-order valence-corrected chi connectivity index (χ2v) is 11.8. The molecule has 2 aromatic heterocycles. The molecule has 9 heteroatoms. The van der Waals surface area contributed by atoms with E-state index in [1.165, 1.54) is 24.2 Å². The van der Waals surface area contributed by atoms with E-state index in [2.05, 4.69) is 21.4 Å². The zero-order valence-corrected chi connectivity index (χ0v) is 19.6. The van der Waals surface area contributed by atoms with Crippen molar-refractivity contribution >= 4 is 44.0 Å². The molecule has 2 aliphatic carbocycles. The van der Waals surface area contributed by atoms with Gasteiger partial charge in [0.2, 0.25) is 16.0 Å². The zero-order chi connectivity index (χ0) is 22.0. The van der Waals surface area contributed by atoms with Crippen molar-refractivity contribution in [2.45, 2.75) is 48.8 Å². The van der Waals surface area contributed by atoms with Crippen molar-refractivity contribution < 1.29 is 8.42 Å². The highest BCUT2D eigenvalue weighted by Gasteiger charge is 2.25. The molecule has 0 unspecified atom stereocenters. The lowest BCUT2D eigenvalue weighted by molar-refractivity contribution is 0.284. The second kappa shape index (κ2) is 9.33. The van der Waals surface area contributed by atoms with Crippen LogP contribution < -0.4 is 15.4 Å². The summed E-state index contributed by atoms with van der Waals surface area (Å²) in [6.07, 6.45) is 6.64. The SMILES string of the molecule is O=S(=O)(NCC1CCC(CNc2nc(NC3CC3)c3ccccc3n2)CC1)c1cccs1. The summed E-state index contributed by atoms with van der Waals surface area (Å²) in [5.74, 6) is 2.54. The summed E-state index contributed by atoms with van der Waals surface area (Å²) < 4.78 is 27.8. The standard InChI is InChI=1S/C23H29N5O2S2/c29-32(30,21-6-3-13-31-21)25-15-17-9-7-16(8-10-17)14-24-23-27-20-5-2-1-4-19(20)22(28-23)26-18-11-12-18/h1-6,13,16-18,25H,7-12,14-15H2,(H2,24,26,27,28). The van der Waals surface area contributed by atoms with Gasteiger partial charge >= 0.3 is 0 Å². The minimum atomic E-state index is -3.37. The summed E-state index contributed by atoms with van der Waals surface area (Å²) in [7, 11) is -3.37. The number of sulfonamides is 1. The van der Waals surface area contributed by atoms with Gasteiger partial charge in [-0.25, -0.2) is 18.1 Å². The van der Waals surface area contributed by atoms with Crippen molar-refractivity contribution in [2.75, 3.05) is 23.7 Å². The quantitative estimate of drug-likeness (QED) is 0.426. The van der Waals surface area contributed by atoms with Crippen LogP contribution in [0.2, 0.25) is 0 Å². The van der Waals surface area contributed by atoms with Crippen molar-refractivity contribution in [1.29, 1.82) is 0 Å². The van der Waals surface area contributed by atoms with Crippen molar-refractivity contribution in [2.24, 2.45) is 11.8 Å². The molecule has 2 heterocycles. The Bertz CT molecular complexity index is 1150. The molecule has 0 bridgehead atoms. The van der Waals surface area contributed by atoms with Crippen LogP contribution in [-0.4, -0.2) is 37.5 Å². The first-order chi connectivity index (χ1) is 15.6. The molecular formula is C23H29N5O2S2. The van der Waals surface area contributed by atoms with Crippen molar-refractivity contribution in [1.82, 2.24) is 14.7 Å². The van der Waals surface area contributed by atoms with Crippen LogP contribution in [0.5, 0.6) is 0 Å². The number of rotatable bonds is 9. The minimum Gasteiger partial charge on any atom is -0.367 e. The number of hydrogen-bond acceptors (Lipinski definition) is 7. The molecular weight excluding hydrogens is 442 g/mol. The Kier molecular flexibility index (Phi) is 6.30. The third kappa shape index (κ3) is 5.22. The maximum atomic E-state index is 12.3. The van der Waals surface area contributed by atoms with Crippen LogP contribution >= 0.6 is 11.3 Å². The third-order valence-corrected chi connectivity index (χ3v) is 9.18. The topological polar surface area (TPSA) is 96.0 Å². The van der Waals surface area contributed by atoms with E-state index in [1.807, 2.05) is 18.2 Å². The fraction of sp³-hybridized carbons (Fsp3) is 0.478. The fourth-order valence-corrected chi connectivity index (χ4v) is 6.43. The minimum absolute atomic E-state index is 0.390. The maximum Gasteiger partial charge on any atom is 0.250 e. The van der Waals surface area contributed by atoms with Gasteiger partial charge in [-0.2, -0.15) is 4.98 Å². The van der Waals surface area contributed by atoms with Crippen LogP contribution in [-0.2, 0) is 10.0 Å². The second-order valence-electron chi connectivity index (χ2n) is 8.88. The van der Waals surface area contributed by atoms with E-state index in [0.717, 1.165) is 48.9 Å². The molecule has 5 rings (SSSR count). The average Bonchev–Trinajstić information content (AvgIpc) is 3.44. The number of fused-ring (bicyclic) bond motifs is 1. The van der Waals surface area contributed by atoms with E-state index in [-0.39, 0.29) is 0 Å². The lowest BCUT2D eigenvalue weighted by atomic mass is 9.82. The van der Waals surface area contributed by atoms with E-state index in [4.69, 9.17) is 9.97 Å². The third-order valence-electron chi connectivity index (χ3n) is 6.36. The Balaban J connectivity index is 1.13. The van der Waals surface area contributed by atoms with Gasteiger partial charge in [0.25, 0.3) is 0 Å². The Morgan fingerprint density at radius 1 is 0.906 bits per heavy atom. The van der Waals surface area contributed by atoms with Gasteiger partial charge in [-0.1, -0.05) is 18.2 Å². The molecule has 0 radical (unpaired) electrons. The highest BCUT2D eigenvalue weighted by molar-refractivity contribution is 7.91. The maximum absolute atomic E-state index is 12.3. The van der Waals surface area contributed by atoms with Gasteiger partial charge in [0.1, 0.15) is 10.0 Å². The van der Waals surface area contributed by atoms with E-state index >= 15 is 0 Å². The van der Waals surface area contributed by atoms with Gasteiger partial charge in [-0.15, -0.1) is 11.3 Å². The number of para-hydroxylation sites is 1. The summed E-state index contributed by atoms with van der Waals surface area (Å²) in [6.45, 7) is 1.36. The highest BCUT2D eigenvalue weighted by atomic mass is 32.2. The Labute approximate surface area is 193 Å². The molecule has 0 amide bonds. The Morgan fingerprint density at radius 3 is 2.38 bits per heavy atom. The molecule has 0 spiro atoms. The number of thiophene rings is 1. The Hall–Kier alpha value is -2.23. The van der Waals surface area contributed by atoms with Crippen LogP contribution in [0.25, 0.3) is 10.9 Å². The molecule has 3 aromatic rings. The van der Waals surface area contributed by atoms with Crippen LogP contribution in [0.3, 0.4) is 0 Å². The fourth-order valence-electron chi connectivity index (χ4n) is 4.28. The predicted octanol–water partition coefficient (Wildman–Crippen LogP) is 4.46. The van der Waals surface area contributed by atoms with Gasteiger partial charge in [0, 0.05) is 24.5 Å². The molecule has 2 aliphatic rings. The zero-order valence-electron chi connectivity index (χ0n) is 18.0. The van der Waals surface area contributed by atoms with Crippen LogP contribution in [0.15, 0.2) is 46.0 Å². The monoisotopic (exact) mass is 471 g/mol. The van der Waals surface area contributed by atoms with E-state index < -0.39 is 10.0 Å².